The van der Waals surface area contributed by atoms with Crippen LogP contribution in [0.3, 0.4) is 0 Å². The lowest BCUT2D eigenvalue weighted by atomic mass is 10.1. The van der Waals surface area contributed by atoms with Crippen molar-refractivity contribution in [3.05, 3.63) is 84.9 Å². The molecule has 0 saturated carbocycles. The van der Waals surface area contributed by atoms with Crippen LogP contribution >= 0.6 is 0 Å². The second-order valence-corrected chi connectivity index (χ2v) is 12.1. The van der Waals surface area contributed by atoms with Crippen LogP contribution in [0.5, 0.6) is 11.5 Å². The molecule has 0 aromatic heterocycles. The number of sulfonamides is 2. The average Bonchev–Trinajstić information content (AvgIpc) is 2.98. The molecule has 204 valence electrons. The zero-order chi connectivity index (χ0) is 28.9. The van der Waals surface area contributed by atoms with E-state index in [-0.39, 0.29) is 21.2 Å². The molecule has 0 aliphatic heterocycles. The molecule has 0 aliphatic rings. The van der Waals surface area contributed by atoms with E-state index in [1.165, 1.54) is 74.9 Å². The number of hydrogen-bond donors (Lipinski definition) is 0. The summed E-state index contributed by atoms with van der Waals surface area (Å²) >= 11 is 0. The minimum atomic E-state index is -4.19. The van der Waals surface area contributed by atoms with Crippen molar-refractivity contribution in [3.63, 3.8) is 0 Å². The first kappa shape index (κ1) is 28.2. The van der Waals surface area contributed by atoms with Crippen LogP contribution in [0.1, 0.15) is 0 Å². The summed E-state index contributed by atoms with van der Waals surface area (Å²) in [4.78, 5) is -0.102. The van der Waals surface area contributed by atoms with Gasteiger partial charge in [-0.1, -0.05) is 24.3 Å². The summed E-state index contributed by atoms with van der Waals surface area (Å²) in [5.41, 5.74) is 0.353. The second kappa shape index (κ2) is 11.5. The second-order valence-electron chi connectivity index (χ2n) is 8.34. The molecule has 0 N–H and O–H groups in total. The van der Waals surface area contributed by atoms with Gasteiger partial charge in [0, 0.05) is 10.8 Å². The molecule has 40 heavy (non-hydrogen) atoms. The van der Waals surface area contributed by atoms with Gasteiger partial charge in [-0.3, -0.25) is 8.61 Å². The zero-order valence-electron chi connectivity index (χ0n) is 21.6. The van der Waals surface area contributed by atoms with Crippen molar-refractivity contribution < 1.29 is 26.3 Å². The van der Waals surface area contributed by atoms with Gasteiger partial charge in [0.25, 0.3) is 20.0 Å². The summed E-state index contributed by atoms with van der Waals surface area (Å²) in [6, 6.07) is 24.8. The number of ether oxygens (including phenoxy) is 2. The maximum Gasteiger partial charge on any atom is 0.265 e. The van der Waals surface area contributed by atoms with Gasteiger partial charge < -0.3 is 9.47 Å². The number of benzene rings is 4. The van der Waals surface area contributed by atoms with Crippen LogP contribution in [0, 0.1) is 22.7 Å². The highest BCUT2D eigenvalue weighted by Crippen LogP contribution is 2.38. The largest absolute Gasteiger partial charge is 0.497 e. The van der Waals surface area contributed by atoms with E-state index in [1.54, 1.807) is 24.3 Å². The number of rotatable bonds is 10. The van der Waals surface area contributed by atoms with Gasteiger partial charge in [0.1, 0.15) is 24.6 Å². The summed E-state index contributed by atoms with van der Waals surface area (Å²) < 4.78 is 66.8. The van der Waals surface area contributed by atoms with Crippen LogP contribution in [-0.2, 0) is 20.0 Å². The SMILES string of the molecule is COc1ccc(S(=O)(=O)N(CC#N)c2ccc(N(CC#N)S(=O)(=O)c3ccc(OC)cc3)c3ccccc23)cc1. The molecular formula is C28H24N4O6S2. The number of hydrogen-bond acceptors (Lipinski definition) is 8. The minimum Gasteiger partial charge on any atom is -0.497 e. The normalized spacial score (nSPS) is 11.3. The van der Waals surface area contributed by atoms with Gasteiger partial charge in [0.2, 0.25) is 0 Å². The Labute approximate surface area is 232 Å². The van der Waals surface area contributed by atoms with Gasteiger partial charge in [-0.05, 0) is 60.7 Å². The summed E-state index contributed by atoms with van der Waals surface area (Å²) in [6.07, 6.45) is 0. The first-order valence-corrected chi connectivity index (χ1v) is 14.7. The fourth-order valence-corrected chi connectivity index (χ4v) is 6.94. The lowest BCUT2D eigenvalue weighted by molar-refractivity contribution is 0.414. The van der Waals surface area contributed by atoms with Crippen molar-refractivity contribution >= 4 is 42.2 Å². The first-order chi connectivity index (χ1) is 19.2. The van der Waals surface area contributed by atoms with Crippen molar-refractivity contribution in [1.29, 1.82) is 10.5 Å². The molecule has 10 nitrogen and oxygen atoms in total. The third-order valence-corrected chi connectivity index (χ3v) is 9.69. The number of anilines is 2. The quantitative estimate of drug-likeness (QED) is 0.255. The van der Waals surface area contributed by atoms with Gasteiger partial charge in [0.05, 0.1) is 47.5 Å². The molecule has 4 rings (SSSR count). The van der Waals surface area contributed by atoms with Crippen LogP contribution in [0.15, 0.2) is 94.7 Å². The molecule has 0 unspecified atom stereocenters. The van der Waals surface area contributed by atoms with Crippen molar-refractivity contribution in [2.75, 3.05) is 35.9 Å². The van der Waals surface area contributed by atoms with Crippen LogP contribution < -0.4 is 18.1 Å². The molecule has 0 spiro atoms. The van der Waals surface area contributed by atoms with E-state index in [0.717, 1.165) is 8.61 Å². The van der Waals surface area contributed by atoms with E-state index >= 15 is 0 Å². The summed E-state index contributed by atoms with van der Waals surface area (Å²) in [7, 11) is -5.47. The van der Waals surface area contributed by atoms with Crippen molar-refractivity contribution in [2.24, 2.45) is 0 Å². The topological polar surface area (TPSA) is 141 Å². The standard InChI is InChI=1S/C28H24N4O6S2/c1-37-21-7-11-23(12-8-21)39(33,34)31(19-17-29)27-15-16-28(26-6-4-3-5-25(26)27)32(20-18-30)40(35,36)24-13-9-22(38-2)10-14-24/h3-16H,19-20H2,1-2H3. The maximum atomic E-state index is 13.7. The Morgan fingerprint density at radius 1 is 0.600 bits per heavy atom. The van der Waals surface area contributed by atoms with Crippen LogP contribution in [0.2, 0.25) is 0 Å². The molecule has 0 radical (unpaired) electrons. The van der Waals surface area contributed by atoms with Gasteiger partial charge >= 0.3 is 0 Å². The molecule has 4 aromatic rings. The van der Waals surface area contributed by atoms with Crippen molar-refractivity contribution in [1.82, 2.24) is 0 Å². The molecule has 0 saturated heterocycles. The Hall–Kier alpha value is -4.78. The maximum absolute atomic E-state index is 13.7. The predicted molar refractivity (Wildman–Crippen MR) is 150 cm³/mol. The lowest BCUT2D eigenvalue weighted by Gasteiger charge is -2.27. The molecular weight excluding hydrogens is 552 g/mol. The fourth-order valence-electron chi connectivity index (χ4n) is 4.18. The Bertz CT molecular complexity index is 1690. The van der Waals surface area contributed by atoms with Gasteiger partial charge in [-0.25, -0.2) is 16.8 Å². The minimum absolute atomic E-state index is 0.0510. The van der Waals surface area contributed by atoms with Crippen LogP contribution in [-0.4, -0.2) is 44.1 Å². The highest BCUT2D eigenvalue weighted by Gasteiger charge is 2.30. The van der Waals surface area contributed by atoms with Gasteiger partial charge in [-0.2, -0.15) is 10.5 Å². The van der Waals surface area contributed by atoms with E-state index in [2.05, 4.69) is 0 Å². The summed E-state index contributed by atoms with van der Waals surface area (Å²) in [6.45, 7) is -0.993. The third-order valence-electron chi connectivity index (χ3n) is 6.14. The first-order valence-electron chi connectivity index (χ1n) is 11.8. The molecule has 0 fully saturated rings. The van der Waals surface area contributed by atoms with E-state index < -0.39 is 33.1 Å². The summed E-state index contributed by atoms with van der Waals surface area (Å²) in [5, 5.41) is 19.8. The Balaban J connectivity index is 1.89. The monoisotopic (exact) mass is 576 g/mol. The Kier molecular flexibility index (Phi) is 8.14. The zero-order valence-corrected chi connectivity index (χ0v) is 23.2. The van der Waals surface area contributed by atoms with Crippen LogP contribution in [0.25, 0.3) is 10.8 Å². The van der Waals surface area contributed by atoms with Crippen LogP contribution in [0.4, 0.5) is 11.4 Å². The number of fused-ring (bicyclic) bond motifs is 1. The molecule has 0 amide bonds. The molecule has 4 aromatic carbocycles. The van der Waals surface area contributed by atoms with Gasteiger partial charge in [0.15, 0.2) is 0 Å². The number of nitrogens with zero attached hydrogens (tertiary/aromatic N) is 4. The lowest BCUT2D eigenvalue weighted by Crippen LogP contribution is -2.33. The van der Waals surface area contributed by atoms with Crippen molar-refractivity contribution in [3.8, 4) is 23.6 Å². The molecule has 0 heterocycles. The third kappa shape index (κ3) is 5.23. The van der Waals surface area contributed by atoms with Gasteiger partial charge in [-0.15, -0.1) is 0 Å². The fraction of sp³-hybridized carbons (Fsp3) is 0.143. The number of methoxy groups -OCH3 is 2. The van der Waals surface area contributed by atoms with E-state index in [1.807, 2.05) is 12.1 Å². The highest BCUT2D eigenvalue weighted by atomic mass is 32.2. The average molecular weight is 577 g/mol. The van der Waals surface area contributed by atoms with E-state index in [9.17, 15) is 27.4 Å². The predicted octanol–water partition coefficient (Wildman–Crippen LogP) is 4.29. The molecule has 0 atom stereocenters. The van der Waals surface area contributed by atoms with E-state index in [0.29, 0.717) is 22.3 Å². The van der Waals surface area contributed by atoms with E-state index in [4.69, 9.17) is 9.47 Å². The molecule has 0 bridgehead atoms. The smallest absolute Gasteiger partial charge is 0.265 e. The Morgan fingerprint density at radius 3 is 1.25 bits per heavy atom. The summed E-state index contributed by atoms with van der Waals surface area (Å²) in [5.74, 6) is 0.937. The van der Waals surface area contributed by atoms with Crippen molar-refractivity contribution in [2.45, 2.75) is 9.79 Å². The highest BCUT2D eigenvalue weighted by molar-refractivity contribution is 7.93. The Morgan fingerprint density at radius 2 is 0.950 bits per heavy atom. The number of nitriles is 2. The molecule has 12 heteroatoms. The molecule has 0 aliphatic carbocycles.